The molecule has 1 aromatic carbocycles. The van der Waals surface area contributed by atoms with Crippen molar-refractivity contribution in [2.45, 2.75) is 32.7 Å². The fourth-order valence-corrected chi connectivity index (χ4v) is 2.41. The number of hydrogen-bond acceptors (Lipinski definition) is 3. The van der Waals surface area contributed by atoms with E-state index < -0.39 is 0 Å². The van der Waals surface area contributed by atoms with Gasteiger partial charge in [0.05, 0.1) is 0 Å². The maximum atomic E-state index is 6.03. The van der Waals surface area contributed by atoms with Gasteiger partial charge in [0.1, 0.15) is 5.75 Å². The van der Waals surface area contributed by atoms with Gasteiger partial charge in [-0.05, 0) is 49.6 Å². The summed E-state index contributed by atoms with van der Waals surface area (Å²) < 4.78 is 6.99. The molecule has 0 radical (unpaired) electrons. The van der Waals surface area contributed by atoms with Crippen LogP contribution in [0.4, 0.5) is 0 Å². The lowest BCUT2D eigenvalue weighted by molar-refractivity contribution is 0.449. The maximum absolute atomic E-state index is 6.03. The second-order valence-electron chi connectivity index (χ2n) is 4.85. The Balaban J connectivity index is 2.24. The number of ether oxygens (including phenoxy) is 1. The van der Waals surface area contributed by atoms with E-state index in [1.807, 2.05) is 37.3 Å². The standard InChI is InChI=1S/C16H19BrN2O/c1-3-14(18)10-12-5-4-8-19-16(12)20-15-7-6-13(17)9-11(15)2/h4-9,14H,3,10,18H2,1-2H3. The molecular formula is C16H19BrN2O. The molecule has 4 heteroatoms. The first-order chi connectivity index (χ1) is 9.60. The normalized spacial score (nSPS) is 12.2. The van der Waals surface area contributed by atoms with Crippen LogP contribution in [0, 0.1) is 6.92 Å². The molecule has 2 rings (SSSR count). The third kappa shape index (κ3) is 3.81. The van der Waals surface area contributed by atoms with E-state index in [9.17, 15) is 0 Å². The molecule has 2 aromatic rings. The third-order valence-electron chi connectivity index (χ3n) is 3.20. The van der Waals surface area contributed by atoms with E-state index in [2.05, 4.69) is 27.8 Å². The van der Waals surface area contributed by atoms with Crippen molar-refractivity contribution in [1.82, 2.24) is 4.98 Å². The highest BCUT2D eigenvalue weighted by Crippen LogP contribution is 2.28. The lowest BCUT2D eigenvalue weighted by Gasteiger charge is -2.14. The average molecular weight is 335 g/mol. The Morgan fingerprint density at radius 2 is 2.15 bits per heavy atom. The first-order valence-corrected chi connectivity index (χ1v) is 7.53. The van der Waals surface area contributed by atoms with E-state index in [0.29, 0.717) is 5.88 Å². The van der Waals surface area contributed by atoms with Gasteiger partial charge in [-0.25, -0.2) is 4.98 Å². The molecule has 0 spiro atoms. The zero-order valence-electron chi connectivity index (χ0n) is 11.8. The lowest BCUT2D eigenvalue weighted by Crippen LogP contribution is -2.21. The Labute approximate surface area is 128 Å². The minimum atomic E-state index is 0.132. The Bertz CT molecular complexity index is 586. The van der Waals surface area contributed by atoms with Gasteiger partial charge in [0.2, 0.25) is 5.88 Å². The second-order valence-corrected chi connectivity index (χ2v) is 5.77. The van der Waals surface area contributed by atoms with Crippen LogP contribution in [0.2, 0.25) is 0 Å². The summed E-state index contributed by atoms with van der Waals surface area (Å²) in [6.45, 7) is 4.10. The quantitative estimate of drug-likeness (QED) is 0.890. The molecule has 0 bridgehead atoms. The monoisotopic (exact) mass is 334 g/mol. The summed E-state index contributed by atoms with van der Waals surface area (Å²) >= 11 is 3.45. The van der Waals surface area contributed by atoms with Crippen molar-refractivity contribution in [3.8, 4) is 11.6 Å². The second kappa shape index (κ2) is 6.86. The summed E-state index contributed by atoms with van der Waals surface area (Å²) in [4.78, 5) is 4.34. The molecule has 20 heavy (non-hydrogen) atoms. The van der Waals surface area contributed by atoms with Gasteiger partial charge in [-0.1, -0.05) is 28.9 Å². The minimum Gasteiger partial charge on any atom is -0.438 e. The number of aryl methyl sites for hydroxylation is 1. The predicted molar refractivity (Wildman–Crippen MR) is 85.2 cm³/mol. The number of nitrogens with two attached hydrogens (primary N) is 1. The van der Waals surface area contributed by atoms with Gasteiger partial charge >= 0.3 is 0 Å². The van der Waals surface area contributed by atoms with Crippen molar-refractivity contribution in [3.05, 3.63) is 52.1 Å². The molecule has 0 aliphatic rings. The molecule has 0 fully saturated rings. The lowest BCUT2D eigenvalue weighted by atomic mass is 10.1. The van der Waals surface area contributed by atoms with Gasteiger partial charge in [-0.3, -0.25) is 0 Å². The molecule has 0 saturated heterocycles. The summed E-state index contributed by atoms with van der Waals surface area (Å²) in [5, 5.41) is 0. The number of halogens is 1. The third-order valence-corrected chi connectivity index (χ3v) is 3.69. The summed E-state index contributed by atoms with van der Waals surface area (Å²) in [6, 6.07) is 9.99. The van der Waals surface area contributed by atoms with Crippen LogP contribution in [0.1, 0.15) is 24.5 Å². The predicted octanol–water partition coefficient (Wildman–Crippen LogP) is 4.22. The summed E-state index contributed by atoms with van der Waals surface area (Å²) in [5.41, 5.74) is 8.14. The van der Waals surface area contributed by atoms with Gasteiger partial charge in [0.15, 0.2) is 0 Å². The number of benzene rings is 1. The zero-order valence-corrected chi connectivity index (χ0v) is 13.4. The highest BCUT2D eigenvalue weighted by Gasteiger charge is 2.10. The van der Waals surface area contributed by atoms with E-state index in [1.54, 1.807) is 6.20 Å². The van der Waals surface area contributed by atoms with Gasteiger partial charge < -0.3 is 10.5 Å². The zero-order chi connectivity index (χ0) is 14.5. The SMILES string of the molecule is CCC(N)Cc1cccnc1Oc1ccc(Br)cc1C. The van der Waals surface area contributed by atoms with Gasteiger partial charge in [-0.15, -0.1) is 0 Å². The summed E-state index contributed by atoms with van der Waals surface area (Å²) in [7, 11) is 0. The van der Waals surface area contributed by atoms with E-state index in [-0.39, 0.29) is 6.04 Å². The topological polar surface area (TPSA) is 48.1 Å². The van der Waals surface area contributed by atoms with Crippen LogP contribution in [0.5, 0.6) is 11.6 Å². The van der Waals surface area contributed by atoms with E-state index >= 15 is 0 Å². The Hall–Kier alpha value is -1.39. The van der Waals surface area contributed by atoms with Crippen LogP contribution in [-0.2, 0) is 6.42 Å². The van der Waals surface area contributed by atoms with Crippen molar-refractivity contribution in [1.29, 1.82) is 0 Å². The molecule has 2 N–H and O–H groups in total. The van der Waals surface area contributed by atoms with Gasteiger partial charge in [0, 0.05) is 22.3 Å². The Morgan fingerprint density at radius 1 is 1.35 bits per heavy atom. The first-order valence-electron chi connectivity index (χ1n) is 6.73. The fraction of sp³-hybridized carbons (Fsp3) is 0.312. The Morgan fingerprint density at radius 3 is 2.85 bits per heavy atom. The van der Waals surface area contributed by atoms with Crippen molar-refractivity contribution in [2.75, 3.05) is 0 Å². The van der Waals surface area contributed by atoms with Crippen LogP contribution in [0.3, 0.4) is 0 Å². The highest BCUT2D eigenvalue weighted by atomic mass is 79.9. The minimum absolute atomic E-state index is 0.132. The number of hydrogen-bond donors (Lipinski definition) is 1. The van der Waals surface area contributed by atoms with Crippen LogP contribution in [-0.4, -0.2) is 11.0 Å². The van der Waals surface area contributed by atoms with Crippen LogP contribution >= 0.6 is 15.9 Å². The molecule has 106 valence electrons. The van der Waals surface area contributed by atoms with Crippen molar-refractivity contribution < 1.29 is 4.74 Å². The average Bonchev–Trinajstić information content (AvgIpc) is 2.43. The molecule has 3 nitrogen and oxygen atoms in total. The van der Waals surface area contributed by atoms with Crippen LogP contribution in [0.25, 0.3) is 0 Å². The Kier molecular flexibility index (Phi) is 5.15. The molecule has 0 aliphatic carbocycles. The first kappa shape index (κ1) is 15.0. The summed E-state index contributed by atoms with van der Waals surface area (Å²) in [6.07, 6.45) is 3.45. The maximum Gasteiger partial charge on any atom is 0.222 e. The number of aromatic nitrogens is 1. The van der Waals surface area contributed by atoms with Gasteiger partial charge in [-0.2, -0.15) is 0 Å². The largest absolute Gasteiger partial charge is 0.438 e. The highest BCUT2D eigenvalue weighted by molar-refractivity contribution is 9.10. The molecule has 1 atom stereocenters. The molecule has 1 aromatic heterocycles. The number of rotatable bonds is 5. The van der Waals surface area contributed by atoms with E-state index in [1.165, 1.54) is 0 Å². The van der Waals surface area contributed by atoms with E-state index in [0.717, 1.165) is 34.2 Å². The van der Waals surface area contributed by atoms with E-state index in [4.69, 9.17) is 10.5 Å². The number of nitrogens with zero attached hydrogens (tertiary/aromatic N) is 1. The van der Waals surface area contributed by atoms with Crippen molar-refractivity contribution in [3.63, 3.8) is 0 Å². The molecule has 1 unspecified atom stereocenters. The van der Waals surface area contributed by atoms with Crippen LogP contribution < -0.4 is 10.5 Å². The van der Waals surface area contributed by atoms with Crippen molar-refractivity contribution in [2.24, 2.45) is 5.73 Å². The van der Waals surface area contributed by atoms with Crippen LogP contribution in [0.15, 0.2) is 41.0 Å². The van der Waals surface area contributed by atoms with Gasteiger partial charge in [0.25, 0.3) is 0 Å². The molecule has 1 heterocycles. The summed E-state index contributed by atoms with van der Waals surface area (Å²) in [5.74, 6) is 1.46. The molecule has 0 saturated carbocycles. The smallest absolute Gasteiger partial charge is 0.222 e. The fourth-order valence-electron chi connectivity index (χ4n) is 1.93. The molecule has 0 aliphatic heterocycles. The number of pyridine rings is 1. The van der Waals surface area contributed by atoms with Crippen molar-refractivity contribution >= 4 is 15.9 Å². The molecule has 0 amide bonds. The molecular weight excluding hydrogens is 316 g/mol.